The Labute approximate surface area is 156 Å². The van der Waals surface area contributed by atoms with Crippen LogP contribution in [0.1, 0.15) is 39.6 Å². The normalized spacial score (nSPS) is 13.2. The minimum atomic E-state index is -0.339. The van der Waals surface area contributed by atoms with Crippen molar-refractivity contribution in [2.75, 3.05) is 25.6 Å². The van der Waals surface area contributed by atoms with Crippen LogP contribution in [0.15, 0.2) is 24.3 Å². The largest absolute Gasteiger partial charge is 0.383 e. The highest BCUT2D eigenvalue weighted by atomic mass is 35.5. The van der Waals surface area contributed by atoms with Crippen LogP contribution >= 0.6 is 11.6 Å². The van der Waals surface area contributed by atoms with Crippen LogP contribution in [-0.2, 0) is 17.7 Å². The van der Waals surface area contributed by atoms with Gasteiger partial charge in [0.05, 0.1) is 12.3 Å². The summed E-state index contributed by atoms with van der Waals surface area (Å²) in [4.78, 5) is 29.5. The summed E-state index contributed by atoms with van der Waals surface area (Å²) >= 11 is 5.96. The maximum Gasteiger partial charge on any atom is 0.287 e. The van der Waals surface area contributed by atoms with Crippen LogP contribution in [0, 0.1) is 0 Å². The first-order valence-corrected chi connectivity index (χ1v) is 8.91. The summed E-state index contributed by atoms with van der Waals surface area (Å²) in [7, 11) is 1.57. The summed E-state index contributed by atoms with van der Waals surface area (Å²) < 4.78 is 6.79. The van der Waals surface area contributed by atoms with Gasteiger partial charge in [-0.15, -0.1) is 0 Å². The number of hydrogen-bond acceptors (Lipinski definition) is 4. The summed E-state index contributed by atoms with van der Waals surface area (Å²) in [5.74, 6) is -0.368. The van der Waals surface area contributed by atoms with Crippen LogP contribution in [0.4, 0.5) is 5.69 Å². The number of halogens is 1. The molecule has 0 fully saturated rings. The highest BCUT2D eigenvalue weighted by molar-refractivity contribution is 6.31. The average molecular weight is 377 g/mol. The van der Waals surface area contributed by atoms with E-state index in [1.165, 1.54) is 0 Å². The van der Waals surface area contributed by atoms with Crippen molar-refractivity contribution in [1.29, 1.82) is 0 Å². The number of rotatable bonds is 6. The van der Waals surface area contributed by atoms with Gasteiger partial charge in [0.25, 0.3) is 11.8 Å². The Bertz CT molecular complexity index is 819. The maximum absolute atomic E-state index is 12.7. The van der Waals surface area contributed by atoms with Crippen molar-refractivity contribution < 1.29 is 14.3 Å². The van der Waals surface area contributed by atoms with Crippen molar-refractivity contribution in [2.45, 2.75) is 25.8 Å². The maximum atomic E-state index is 12.7. The van der Waals surface area contributed by atoms with Crippen LogP contribution in [0.25, 0.3) is 0 Å². The second-order valence-corrected chi connectivity index (χ2v) is 6.49. The zero-order valence-electron chi connectivity index (χ0n) is 14.5. The Morgan fingerprint density at radius 1 is 1.31 bits per heavy atom. The molecule has 2 heterocycles. The Balaban J connectivity index is 1.84. The summed E-state index contributed by atoms with van der Waals surface area (Å²) in [6, 6.07) is 6.92. The molecule has 2 amide bonds. The predicted molar refractivity (Wildman–Crippen MR) is 98.8 cm³/mol. The van der Waals surface area contributed by atoms with Gasteiger partial charge >= 0.3 is 0 Å². The smallest absolute Gasteiger partial charge is 0.287 e. The first-order valence-electron chi connectivity index (χ1n) is 8.53. The van der Waals surface area contributed by atoms with Crippen LogP contribution in [0.5, 0.6) is 0 Å². The molecule has 1 aliphatic heterocycles. The zero-order valence-corrected chi connectivity index (χ0v) is 15.3. The fourth-order valence-corrected chi connectivity index (χ4v) is 3.19. The molecule has 0 aliphatic carbocycles. The van der Waals surface area contributed by atoms with Gasteiger partial charge in [-0.2, -0.15) is 0 Å². The SMILES string of the molecule is COCCNC(=O)c1nc(C(=O)Nc2cccc(Cl)c2)c2n1CCCC2. The molecule has 0 unspecified atom stereocenters. The number of fused-ring (bicyclic) bond motifs is 1. The van der Waals surface area contributed by atoms with E-state index < -0.39 is 0 Å². The van der Waals surface area contributed by atoms with Crippen LogP contribution in [0.2, 0.25) is 5.02 Å². The van der Waals surface area contributed by atoms with E-state index in [1.807, 2.05) is 4.57 Å². The molecule has 0 bridgehead atoms. The minimum absolute atomic E-state index is 0.270. The standard InChI is InChI=1S/C18H21ClN4O3/c1-26-10-8-20-18(25)16-22-15(14-7-2-3-9-23(14)16)17(24)21-13-6-4-5-12(19)11-13/h4-6,11H,2-3,7-10H2,1H3,(H,20,25)(H,21,24). The molecule has 2 aromatic rings. The van der Waals surface area contributed by atoms with E-state index >= 15 is 0 Å². The number of hydrogen-bond donors (Lipinski definition) is 2. The van der Waals surface area contributed by atoms with Crippen LogP contribution in [-0.4, -0.2) is 41.6 Å². The van der Waals surface area contributed by atoms with E-state index in [9.17, 15) is 9.59 Å². The highest BCUT2D eigenvalue weighted by Crippen LogP contribution is 2.23. The number of amides is 2. The predicted octanol–water partition coefficient (Wildman–Crippen LogP) is 2.50. The number of aromatic nitrogens is 2. The number of benzene rings is 1. The molecule has 0 atom stereocenters. The molecule has 1 aromatic heterocycles. The van der Waals surface area contributed by atoms with Gasteiger partial charge < -0.3 is 19.9 Å². The van der Waals surface area contributed by atoms with Crippen molar-refractivity contribution in [3.05, 3.63) is 46.5 Å². The van der Waals surface area contributed by atoms with Crippen molar-refractivity contribution in [3.63, 3.8) is 0 Å². The Hall–Kier alpha value is -2.38. The van der Waals surface area contributed by atoms with Crippen molar-refractivity contribution in [1.82, 2.24) is 14.9 Å². The first kappa shape index (κ1) is 18.4. The van der Waals surface area contributed by atoms with Gasteiger partial charge in [-0.3, -0.25) is 9.59 Å². The topological polar surface area (TPSA) is 85.2 Å². The highest BCUT2D eigenvalue weighted by Gasteiger charge is 2.27. The van der Waals surface area contributed by atoms with Gasteiger partial charge in [-0.25, -0.2) is 4.98 Å². The molecule has 0 spiro atoms. The fraction of sp³-hybridized carbons (Fsp3) is 0.389. The van der Waals surface area contributed by atoms with Gasteiger partial charge in [-0.05, 0) is 37.5 Å². The Morgan fingerprint density at radius 3 is 2.92 bits per heavy atom. The third-order valence-corrected chi connectivity index (χ3v) is 4.45. The number of carbonyl (C=O) groups is 2. The van der Waals surface area contributed by atoms with Crippen LogP contribution in [0.3, 0.4) is 0 Å². The number of anilines is 1. The fourth-order valence-electron chi connectivity index (χ4n) is 3.00. The molecule has 0 saturated carbocycles. The number of methoxy groups -OCH3 is 1. The quantitative estimate of drug-likeness (QED) is 0.758. The molecule has 138 valence electrons. The number of nitrogens with zero attached hydrogens (tertiary/aromatic N) is 2. The van der Waals surface area contributed by atoms with E-state index in [-0.39, 0.29) is 17.6 Å². The van der Waals surface area contributed by atoms with Gasteiger partial charge in [0.1, 0.15) is 0 Å². The van der Waals surface area contributed by atoms with Gasteiger partial charge in [0, 0.05) is 30.9 Å². The van der Waals surface area contributed by atoms with E-state index in [0.29, 0.717) is 36.1 Å². The molecule has 0 saturated heterocycles. The van der Waals surface area contributed by atoms with Crippen molar-refractivity contribution >= 4 is 29.1 Å². The lowest BCUT2D eigenvalue weighted by atomic mass is 10.1. The molecule has 2 N–H and O–H groups in total. The molecule has 0 radical (unpaired) electrons. The summed E-state index contributed by atoms with van der Waals surface area (Å²) in [6.45, 7) is 1.49. The van der Waals surface area contributed by atoms with E-state index in [2.05, 4.69) is 15.6 Å². The summed E-state index contributed by atoms with van der Waals surface area (Å²) in [6.07, 6.45) is 2.64. The number of carbonyl (C=O) groups excluding carboxylic acids is 2. The lowest BCUT2D eigenvalue weighted by molar-refractivity contribution is 0.0921. The average Bonchev–Trinajstić information content (AvgIpc) is 3.02. The summed E-state index contributed by atoms with van der Waals surface area (Å²) in [5.41, 5.74) is 1.68. The first-order chi connectivity index (χ1) is 12.6. The number of nitrogens with one attached hydrogen (secondary N) is 2. The molecule has 26 heavy (non-hydrogen) atoms. The Morgan fingerprint density at radius 2 is 2.15 bits per heavy atom. The lowest BCUT2D eigenvalue weighted by Crippen LogP contribution is -2.30. The molecular weight excluding hydrogens is 356 g/mol. The van der Waals surface area contributed by atoms with Crippen LogP contribution < -0.4 is 10.6 Å². The molecule has 3 rings (SSSR count). The van der Waals surface area contributed by atoms with Gasteiger partial charge in [-0.1, -0.05) is 17.7 Å². The summed E-state index contributed by atoms with van der Waals surface area (Å²) in [5, 5.41) is 6.10. The molecular formula is C18H21ClN4O3. The van der Waals surface area contributed by atoms with Gasteiger partial charge in [0.2, 0.25) is 0 Å². The van der Waals surface area contributed by atoms with E-state index in [4.69, 9.17) is 16.3 Å². The second-order valence-electron chi connectivity index (χ2n) is 6.05. The Kier molecular flexibility index (Phi) is 5.90. The zero-order chi connectivity index (χ0) is 18.5. The van der Waals surface area contributed by atoms with E-state index in [0.717, 1.165) is 25.0 Å². The van der Waals surface area contributed by atoms with Gasteiger partial charge in [0.15, 0.2) is 11.5 Å². The molecule has 8 heteroatoms. The monoisotopic (exact) mass is 376 g/mol. The third kappa shape index (κ3) is 4.05. The van der Waals surface area contributed by atoms with Crippen molar-refractivity contribution in [3.8, 4) is 0 Å². The number of imidazole rings is 1. The third-order valence-electron chi connectivity index (χ3n) is 4.21. The van der Waals surface area contributed by atoms with Crippen molar-refractivity contribution in [2.24, 2.45) is 0 Å². The molecule has 1 aliphatic rings. The lowest BCUT2D eigenvalue weighted by Gasteiger charge is -2.17. The molecule has 7 nitrogen and oxygen atoms in total. The molecule has 1 aromatic carbocycles. The minimum Gasteiger partial charge on any atom is -0.383 e. The van der Waals surface area contributed by atoms with E-state index in [1.54, 1.807) is 31.4 Å². The number of ether oxygens (including phenoxy) is 1. The second kappa shape index (κ2) is 8.33.